The molecule has 0 bridgehead atoms. The van der Waals surface area contributed by atoms with Crippen LogP contribution in [0.3, 0.4) is 0 Å². The van der Waals surface area contributed by atoms with Crippen LogP contribution in [0.2, 0.25) is 0 Å². The van der Waals surface area contributed by atoms with Gasteiger partial charge in [-0.25, -0.2) is 19.7 Å². The van der Waals surface area contributed by atoms with E-state index in [0.717, 1.165) is 22.6 Å². The number of nitrogens with zero attached hydrogens (tertiary/aromatic N) is 3. The number of aromatic nitrogens is 3. The van der Waals surface area contributed by atoms with Crippen LogP contribution in [0.25, 0.3) is 22.8 Å². The Labute approximate surface area is 210 Å². The first-order chi connectivity index (χ1) is 17.4. The molecule has 0 aliphatic carbocycles. The average molecular weight is 488 g/mol. The Hall–Kier alpha value is -4.20. The highest BCUT2D eigenvalue weighted by atomic mass is 16.6. The highest BCUT2D eigenvalue weighted by molar-refractivity contribution is 5.79. The van der Waals surface area contributed by atoms with Crippen molar-refractivity contribution in [2.45, 2.75) is 39.7 Å². The van der Waals surface area contributed by atoms with E-state index in [1.54, 1.807) is 63.5 Å². The summed E-state index contributed by atoms with van der Waals surface area (Å²) in [6.07, 6.45) is 4.04. The zero-order chi connectivity index (χ0) is 25.5. The molecule has 36 heavy (non-hydrogen) atoms. The highest BCUT2D eigenvalue weighted by Gasteiger charge is 2.31. The number of oxazole rings is 1. The molecule has 4 rings (SSSR count). The summed E-state index contributed by atoms with van der Waals surface area (Å²) in [5, 5.41) is 0. The SMILES string of the molecule is CCOC(=O)C(C)(C)Oc1ccc(OCCc2nc(-c3ccc(-c4ncccn4)cc3)oc2C)cc1. The first-order valence-corrected chi connectivity index (χ1v) is 11.8. The molecule has 186 valence electrons. The van der Waals surface area contributed by atoms with E-state index < -0.39 is 11.6 Å². The zero-order valence-corrected chi connectivity index (χ0v) is 20.9. The molecule has 0 aliphatic heterocycles. The first-order valence-electron chi connectivity index (χ1n) is 11.8. The highest BCUT2D eigenvalue weighted by Crippen LogP contribution is 2.26. The zero-order valence-electron chi connectivity index (χ0n) is 20.9. The van der Waals surface area contributed by atoms with E-state index in [4.69, 9.17) is 18.6 Å². The molecule has 8 nitrogen and oxygen atoms in total. The van der Waals surface area contributed by atoms with Crippen LogP contribution in [0.1, 0.15) is 32.2 Å². The molecule has 0 saturated carbocycles. The summed E-state index contributed by atoms with van der Waals surface area (Å²) in [6, 6.07) is 16.7. The van der Waals surface area contributed by atoms with Gasteiger partial charge < -0.3 is 18.6 Å². The fourth-order valence-electron chi connectivity index (χ4n) is 3.50. The van der Waals surface area contributed by atoms with E-state index in [0.29, 0.717) is 42.8 Å². The van der Waals surface area contributed by atoms with Gasteiger partial charge in [0.1, 0.15) is 17.3 Å². The van der Waals surface area contributed by atoms with Crippen molar-refractivity contribution in [1.82, 2.24) is 15.0 Å². The minimum Gasteiger partial charge on any atom is -0.493 e. The second-order valence-corrected chi connectivity index (χ2v) is 8.57. The Bertz CT molecular complexity index is 1280. The minimum absolute atomic E-state index is 0.306. The van der Waals surface area contributed by atoms with Gasteiger partial charge in [0.2, 0.25) is 5.89 Å². The van der Waals surface area contributed by atoms with E-state index in [1.165, 1.54) is 0 Å². The van der Waals surface area contributed by atoms with Crippen molar-refractivity contribution in [3.05, 3.63) is 78.4 Å². The Morgan fingerprint density at radius 1 is 0.944 bits per heavy atom. The average Bonchev–Trinajstić information content (AvgIpc) is 3.26. The summed E-state index contributed by atoms with van der Waals surface area (Å²) in [6.45, 7) is 7.76. The van der Waals surface area contributed by atoms with Gasteiger partial charge in [-0.2, -0.15) is 0 Å². The third kappa shape index (κ3) is 6.07. The third-order valence-corrected chi connectivity index (χ3v) is 5.42. The molecule has 0 radical (unpaired) electrons. The van der Waals surface area contributed by atoms with Crippen molar-refractivity contribution in [3.63, 3.8) is 0 Å². The smallest absolute Gasteiger partial charge is 0.349 e. The van der Waals surface area contributed by atoms with Crippen LogP contribution in [0.4, 0.5) is 0 Å². The maximum Gasteiger partial charge on any atom is 0.349 e. The molecule has 0 spiro atoms. The molecule has 2 heterocycles. The number of aryl methyl sites for hydroxylation is 1. The van der Waals surface area contributed by atoms with E-state index in [2.05, 4.69) is 15.0 Å². The Morgan fingerprint density at radius 3 is 2.25 bits per heavy atom. The van der Waals surface area contributed by atoms with Crippen molar-refractivity contribution in [1.29, 1.82) is 0 Å². The third-order valence-electron chi connectivity index (χ3n) is 5.42. The van der Waals surface area contributed by atoms with Gasteiger partial charge in [0.25, 0.3) is 0 Å². The van der Waals surface area contributed by atoms with Crippen LogP contribution in [0, 0.1) is 6.92 Å². The van der Waals surface area contributed by atoms with E-state index >= 15 is 0 Å². The van der Waals surface area contributed by atoms with Crippen molar-refractivity contribution in [3.8, 4) is 34.3 Å². The fourth-order valence-corrected chi connectivity index (χ4v) is 3.50. The maximum atomic E-state index is 12.0. The molecule has 8 heteroatoms. The predicted molar refractivity (Wildman–Crippen MR) is 135 cm³/mol. The summed E-state index contributed by atoms with van der Waals surface area (Å²) in [5.41, 5.74) is 1.58. The largest absolute Gasteiger partial charge is 0.493 e. The summed E-state index contributed by atoms with van der Waals surface area (Å²) in [7, 11) is 0. The number of esters is 1. The van der Waals surface area contributed by atoms with Crippen LogP contribution in [0.5, 0.6) is 11.5 Å². The number of hydrogen-bond acceptors (Lipinski definition) is 8. The Balaban J connectivity index is 1.32. The van der Waals surface area contributed by atoms with Gasteiger partial charge in [-0.3, -0.25) is 0 Å². The van der Waals surface area contributed by atoms with E-state index in [9.17, 15) is 4.79 Å². The fraction of sp³-hybridized carbons (Fsp3) is 0.286. The van der Waals surface area contributed by atoms with Crippen LogP contribution in [-0.4, -0.2) is 39.7 Å². The molecule has 0 unspecified atom stereocenters. The number of benzene rings is 2. The van der Waals surface area contributed by atoms with Gasteiger partial charge in [-0.05, 0) is 70.2 Å². The van der Waals surface area contributed by atoms with Gasteiger partial charge in [-0.15, -0.1) is 0 Å². The second-order valence-electron chi connectivity index (χ2n) is 8.57. The first kappa shape index (κ1) is 24.9. The van der Waals surface area contributed by atoms with E-state index in [-0.39, 0.29) is 0 Å². The van der Waals surface area contributed by atoms with Crippen LogP contribution >= 0.6 is 0 Å². The van der Waals surface area contributed by atoms with Crippen molar-refractivity contribution in [2.75, 3.05) is 13.2 Å². The number of carbonyl (C=O) groups excluding carboxylic acids is 1. The minimum atomic E-state index is -1.07. The lowest BCUT2D eigenvalue weighted by atomic mass is 10.1. The standard InChI is InChI=1S/C28H29N3O5/c1-5-33-27(32)28(3,4)36-23-13-11-22(12-14-23)34-18-15-24-19(2)35-26(31-24)21-9-7-20(8-10-21)25-29-16-6-17-30-25/h6-14,16-17H,5,15,18H2,1-4H3. The summed E-state index contributed by atoms with van der Waals surface area (Å²) in [4.78, 5) is 25.2. The van der Waals surface area contributed by atoms with Crippen molar-refractivity contribution >= 4 is 5.97 Å². The summed E-state index contributed by atoms with van der Waals surface area (Å²) < 4.78 is 22.6. The molecule has 4 aromatic rings. The van der Waals surface area contributed by atoms with Gasteiger partial charge in [-0.1, -0.05) is 12.1 Å². The number of carbonyl (C=O) groups is 1. The normalized spacial score (nSPS) is 11.2. The molecular formula is C28H29N3O5. The summed E-state index contributed by atoms with van der Waals surface area (Å²) in [5.74, 6) is 2.84. The quantitative estimate of drug-likeness (QED) is 0.273. The Kier molecular flexibility index (Phi) is 7.63. The van der Waals surface area contributed by atoms with Crippen molar-refractivity contribution < 1.29 is 23.4 Å². The van der Waals surface area contributed by atoms with Crippen LogP contribution in [0.15, 0.2) is 71.4 Å². The van der Waals surface area contributed by atoms with Gasteiger partial charge in [0.05, 0.1) is 18.9 Å². The lowest BCUT2D eigenvalue weighted by molar-refractivity contribution is -0.158. The molecule has 0 aliphatic rings. The van der Waals surface area contributed by atoms with Crippen LogP contribution in [-0.2, 0) is 16.0 Å². The molecular weight excluding hydrogens is 458 g/mol. The molecule has 0 atom stereocenters. The maximum absolute atomic E-state index is 12.0. The molecule has 0 N–H and O–H groups in total. The molecule has 0 saturated heterocycles. The molecule has 0 fully saturated rings. The molecule has 2 aromatic carbocycles. The van der Waals surface area contributed by atoms with E-state index in [1.807, 2.05) is 31.2 Å². The number of hydrogen-bond donors (Lipinski definition) is 0. The van der Waals surface area contributed by atoms with Gasteiger partial charge >= 0.3 is 5.97 Å². The van der Waals surface area contributed by atoms with Gasteiger partial charge in [0.15, 0.2) is 11.4 Å². The van der Waals surface area contributed by atoms with Crippen molar-refractivity contribution in [2.24, 2.45) is 0 Å². The number of ether oxygens (including phenoxy) is 3. The number of rotatable bonds is 10. The van der Waals surface area contributed by atoms with Gasteiger partial charge in [0, 0.05) is 29.9 Å². The topological polar surface area (TPSA) is 96.6 Å². The lowest BCUT2D eigenvalue weighted by Gasteiger charge is -2.24. The second kappa shape index (κ2) is 11.0. The monoisotopic (exact) mass is 487 g/mol. The Morgan fingerprint density at radius 2 is 1.58 bits per heavy atom. The summed E-state index contributed by atoms with van der Waals surface area (Å²) >= 11 is 0. The molecule has 0 amide bonds. The van der Waals surface area contributed by atoms with Crippen LogP contribution < -0.4 is 9.47 Å². The molecule has 2 aromatic heterocycles. The lowest BCUT2D eigenvalue weighted by Crippen LogP contribution is -2.39. The predicted octanol–water partition coefficient (Wildman–Crippen LogP) is 5.45.